The number of hydrogen-bond donors (Lipinski definition) is 4. The van der Waals surface area contributed by atoms with Gasteiger partial charge in [-0.05, 0) is 65.2 Å². The van der Waals surface area contributed by atoms with Gasteiger partial charge < -0.3 is 87.7 Å². The Morgan fingerprint density at radius 2 is 0.579 bits per heavy atom. The second-order valence-corrected chi connectivity index (χ2v) is 25.8. The quantitative estimate of drug-likeness (QED) is 0.0517. The second-order valence-electron chi connectivity index (χ2n) is 13.5. The van der Waals surface area contributed by atoms with E-state index in [1.165, 1.54) is 85.3 Å². The van der Waals surface area contributed by atoms with Crippen molar-refractivity contribution in [1.82, 2.24) is 0 Å². The summed E-state index contributed by atoms with van der Waals surface area (Å²) >= 11 is 0. The van der Waals surface area contributed by atoms with Crippen molar-refractivity contribution in [2.24, 2.45) is 0 Å². The number of rotatable bonds is 38. The molecule has 0 saturated heterocycles. The predicted octanol–water partition coefficient (Wildman–Crippen LogP) is 2.55. The molecule has 19 nitrogen and oxygen atoms in total. The van der Waals surface area contributed by atoms with Crippen LogP contribution < -0.4 is 0 Å². The van der Waals surface area contributed by atoms with Crippen molar-refractivity contribution in [3.63, 3.8) is 0 Å². The molecule has 0 aliphatic carbocycles. The van der Waals surface area contributed by atoms with E-state index in [-0.39, 0.29) is 38.9 Å². The molecule has 0 spiro atoms. The molecular formula is C34H78O19Si4. The summed E-state index contributed by atoms with van der Waals surface area (Å²) < 4.78 is 85.2. The highest BCUT2D eigenvalue weighted by Gasteiger charge is 2.49. The summed E-state index contributed by atoms with van der Waals surface area (Å²) in [5.41, 5.74) is -3.66. The van der Waals surface area contributed by atoms with Gasteiger partial charge in [-0.2, -0.15) is 0 Å². The maximum Gasteiger partial charge on any atom is 0.500 e. The van der Waals surface area contributed by atoms with Gasteiger partial charge in [0.2, 0.25) is 0 Å². The van der Waals surface area contributed by atoms with Gasteiger partial charge >= 0.3 is 35.2 Å². The van der Waals surface area contributed by atoms with Gasteiger partial charge in [-0.25, -0.2) is 0 Å². The fraction of sp³-hybridized carbons (Fsp3) is 1.00. The molecule has 0 rings (SSSR count). The minimum Gasteiger partial charge on any atom is -0.387 e. The van der Waals surface area contributed by atoms with Crippen LogP contribution in [0, 0.1) is 0 Å². The summed E-state index contributed by atoms with van der Waals surface area (Å²) in [6, 6.07) is 1.35. The molecular weight excluding hydrogens is 825 g/mol. The zero-order valence-corrected chi connectivity index (χ0v) is 41.1. The van der Waals surface area contributed by atoms with Crippen LogP contribution in [0.3, 0.4) is 0 Å². The van der Waals surface area contributed by atoms with E-state index in [9.17, 15) is 20.4 Å². The van der Waals surface area contributed by atoms with Crippen molar-refractivity contribution < 1.29 is 87.7 Å². The molecule has 0 radical (unpaired) electrons. The van der Waals surface area contributed by atoms with Crippen molar-refractivity contribution in [3.05, 3.63) is 0 Å². The summed E-state index contributed by atoms with van der Waals surface area (Å²) in [7, 11) is 5.85. The van der Waals surface area contributed by atoms with E-state index in [4.69, 9.17) is 67.3 Å². The predicted molar refractivity (Wildman–Crippen MR) is 217 cm³/mol. The minimum absolute atomic E-state index is 0.0491. The number of ether oxygens (including phenoxy) is 3. The zero-order valence-electron chi connectivity index (χ0n) is 37.1. The molecule has 0 aromatic heterocycles. The van der Waals surface area contributed by atoms with Gasteiger partial charge in [0.05, 0.1) is 11.2 Å². The van der Waals surface area contributed by atoms with Gasteiger partial charge in [0.1, 0.15) is 12.2 Å². The van der Waals surface area contributed by atoms with Crippen LogP contribution in [0.4, 0.5) is 0 Å². The molecule has 0 aromatic rings. The molecule has 344 valence electrons. The Morgan fingerprint density at radius 3 is 0.737 bits per heavy atom. The highest BCUT2D eigenvalue weighted by Crippen LogP contribution is 2.36. The third-order valence-corrected chi connectivity index (χ3v) is 22.0. The monoisotopic (exact) mass is 902 g/mol. The SMILES string of the molecule is CCOC(OC(OCC)C(O)C(O)(CCC[Si](OC)(OC)OC)CCC[Si](OC)(OC)OC)C(O)C(O)(CCC[Si](OC)(OC)OC)CCC[Si](OC)(OC)OC. The van der Waals surface area contributed by atoms with Crippen LogP contribution >= 0.6 is 0 Å². The zero-order chi connectivity index (χ0) is 43.8. The Hall–Kier alpha value is 0.108. The topological polar surface area (TPSA) is 219 Å². The lowest BCUT2D eigenvalue weighted by molar-refractivity contribution is -0.326. The fourth-order valence-electron chi connectivity index (χ4n) is 6.89. The van der Waals surface area contributed by atoms with Crippen LogP contribution in [0.5, 0.6) is 0 Å². The first kappa shape index (κ1) is 57.1. The summed E-state index contributed by atoms with van der Waals surface area (Å²) in [6.07, 6.45) is -4.89. The van der Waals surface area contributed by atoms with E-state index in [1.54, 1.807) is 13.8 Å². The Morgan fingerprint density at radius 1 is 0.386 bits per heavy atom. The van der Waals surface area contributed by atoms with Crippen LogP contribution in [0.1, 0.15) is 65.2 Å². The number of aliphatic hydroxyl groups is 4. The molecule has 0 bridgehead atoms. The minimum atomic E-state index is -3.04. The van der Waals surface area contributed by atoms with Gasteiger partial charge in [0.15, 0.2) is 12.6 Å². The number of aliphatic hydroxyl groups excluding tert-OH is 2. The van der Waals surface area contributed by atoms with Crippen molar-refractivity contribution in [2.45, 2.75) is 125 Å². The van der Waals surface area contributed by atoms with E-state index < -0.39 is 71.2 Å². The van der Waals surface area contributed by atoms with Crippen LogP contribution in [0.15, 0.2) is 0 Å². The van der Waals surface area contributed by atoms with Crippen LogP contribution in [0.2, 0.25) is 24.2 Å². The maximum atomic E-state index is 12.3. The summed E-state index contributed by atoms with van der Waals surface area (Å²) in [6.45, 7) is 3.52. The smallest absolute Gasteiger partial charge is 0.387 e. The van der Waals surface area contributed by atoms with E-state index in [1.807, 2.05) is 0 Å². The number of hydrogen-bond acceptors (Lipinski definition) is 19. The lowest BCUT2D eigenvalue weighted by Crippen LogP contribution is -2.57. The lowest BCUT2D eigenvalue weighted by atomic mass is 9.85. The van der Waals surface area contributed by atoms with Crippen molar-refractivity contribution in [2.75, 3.05) is 98.5 Å². The van der Waals surface area contributed by atoms with Gasteiger partial charge in [-0.1, -0.05) is 0 Å². The van der Waals surface area contributed by atoms with Crippen LogP contribution in [0.25, 0.3) is 0 Å². The average molecular weight is 903 g/mol. The van der Waals surface area contributed by atoms with Gasteiger partial charge in [0, 0.05) is 123 Å². The highest BCUT2D eigenvalue weighted by atomic mass is 28.4. The Kier molecular flexibility index (Phi) is 28.7. The summed E-state index contributed by atoms with van der Waals surface area (Å²) in [4.78, 5) is 0. The molecule has 0 fully saturated rings. The Labute approximate surface area is 346 Å². The van der Waals surface area contributed by atoms with Crippen LogP contribution in [-0.2, 0) is 67.3 Å². The standard InChI is InChI=1S/C34H78O19Si4/c1-15-51-31(29(35)33(37,21-17-25-54(39-3,40-4)41-5)22-18-26-55(42-6,43-7)44-8)53-32(52-16-2)30(36)34(38,23-19-27-56(45-9,46-10)47-11)24-20-28-57(48-12,49-13)50-14/h29-32,35-38H,15-28H2,1-14H3. The van der Waals surface area contributed by atoms with Crippen LogP contribution in [-0.4, -0.2) is 190 Å². The Balaban J connectivity index is 6.82. The first-order chi connectivity index (χ1) is 27.0. The van der Waals surface area contributed by atoms with Crippen molar-refractivity contribution in [1.29, 1.82) is 0 Å². The molecule has 4 atom stereocenters. The summed E-state index contributed by atoms with van der Waals surface area (Å²) in [5.74, 6) is 0. The second kappa shape index (κ2) is 28.7. The Bertz CT molecular complexity index is 847. The molecule has 4 N–H and O–H groups in total. The largest absolute Gasteiger partial charge is 0.500 e. The first-order valence-corrected chi connectivity index (χ1v) is 27.0. The average Bonchev–Trinajstić information content (AvgIpc) is 3.24. The normalized spacial score (nSPS) is 15.9. The summed E-state index contributed by atoms with van der Waals surface area (Å²) in [5, 5.41) is 48.8. The molecule has 0 aromatic carbocycles. The lowest BCUT2D eigenvalue weighted by Gasteiger charge is -2.42. The van der Waals surface area contributed by atoms with Crippen molar-refractivity contribution >= 4 is 35.2 Å². The molecule has 57 heavy (non-hydrogen) atoms. The van der Waals surface area contributed by atoms with E-state index in [2.05, 4.69) is 0 Å². The molecule has 0 aliphatic rings. The molecule has 4 unspecified atom stereocenters. The molecule has 0 saturated carbocycles. The van der Waals surface area contributed by atoms with Gasteiger partial charge in [0.25, 0.3) is 0 Å². The third-order valence-electron chi connectivity index (χ3n) is 10.6. The fourth-order valence-corrected chi connectivity index (χ4v) is 13.8. The molecule has 0 heterocycles. The van der Waals surface area contributed by atoms with E-state index in [0.29, 0.717) is 49.9 Å². The molecule has 0 aliphatic heterocycles. The molecule has 23 heteroatoms. The maximum absolute atomic E-state index is 12.3. The highest BCUT2D eigenvalue weighted by molar-refractivity contribution is 6.61. The van der Waals surface area contributed by atoms with Gasteiger partial charge in [-0.3, -0.25) is 0 Å². The van der Waals surface area contributed by atoms with Gasteiger partial charge in [-0.15, -0.1) is 0 Å². The molecule has 0 amide bonds. The third kappa shape index (κ3) is 17.1. The first-order valence-electron chi connectivity index (χ1n) is 19.3. The van der Waals surface area contributed by atoms with E-state index in [0.717, 1.165) is 0 Å². The van der Waals surface area contributed by atoms with E-state index >= 15 is 0 Å². The van der Waals surface area contributed by atoms with Crippen molar-refractivity contribution in [3.8, 4) is 0 Å².